The molecule has 2 aliphatic heterocycles. The minimum atomic E-state index is -0.0375. The highest BCUT2D eigenvalue weighted by Gasteiger charge is 2.41. The van der Waals surface area contributed by atoms with Crippen molar-refractivity contribution in [2.24, 2.45) is 0 Å². The molecule has 2 atom stereocenters. The Labute approximate surface area is 128 Å². The second-order valence-corrected chi connectivity index (χ2v) is 6.50. The van der Waals surface area contributed by atoms with E-state index in [0.717, 1.165) is 57.6 Å². The van der Waals surface area contributed by atoms with E-state index in [1.54, 1.807) is 0 Å². The number of nitrogens with one attached hydrogen (secondary N) is 1. The fraction of sp³-hybridized carbons (Fsp3) is 0.667. The molecule has 0 amide bonds. The Hall–Kier alpha value is -1.06. The maximum absolute atomic E-state index is 6.49. The Bertz CT molecular complexity index is 478. The molecule has 21 heavy (non-hydrogen) atoms. The number of benzene rings is 1. The van der Waals surface area contributed by atoms with E-state index in [4.69, 9.17) is 9.47 Å². The van der Waals surface area contributed by atoms with E-state index >= 15 is 0 Å². The van der Waals surface area contributed by atoms with Gasteiger partial charge in [0, 0.05) is 31.1 Å². The van der Waals surface area contributed by atoms with Gasteiger partial charge in [-0.25, -0.2) is 0 Å². The van der Waals surface area contributed by atoms with Gasteiger partial charge < -0.3 is 14.8 Å². The third kappa shape index (κ3) is 3.24. The smallest absolute Gasteiger partial charge is 0.124 e. The zero-order valence-electron chi connectivity index (χ0n) is 13.3. The van der Waals surface area contributed by atoms with Gasteiger partial charge >= 0.3 is 0 Å². The lowest BCUT2D eigenvalue weighted by molar-refractivity contribution is 0.0108. The van der Waals surface area contributed by atoms with E-state index in [1.807, 2.05) is 0 Å². The molecule has 1 spiro atoms. The average molecular weight is 289 g/mol. The van der Waals surface area contributed by atoms with Crippen LogP contribution in [0.5, 0.6) is 5.75 Å². The highest BCUT2D eigenvalue weighted by Crippen LogP contribution is 2.44. The Morgan fingerprint density at radius 3 is 3.05 bits per heavy atom. The Balaban J connectivity index is 1.89. The highest BCUT2D eigenvalue weighted by molar-refractivity contribution is 5.41. The van der Waals surface area contributed by atoms with Crippen molar-refractivity contribution >= 4 is 0 Å². The van der Waals surface area contributed by atoms with Crippen molar-refractivity contribution < 1.29 is 9.47 Å². The third-order valence-electron chi connectivity index (χ3n) is 4.71. The van der Waals surface area contributed by atoms with Gasteiger partial charge in [-0.1, -0.05) is 24.6 Å². The molecule has 2 heterocycles. The number of rotatable bonds is 3. The predicted octanol–water partition coefficient (Wildman–Crippen LogP) is 3.76. The highest BCUT2D eigenvalue weighted by atomic mass is 16.5. The molecule has 1 N–H and O–H groups in total. The van der Waals surface area contributed by atoms with Crippen molar-refractivity contribution in [1.29, 1.82) is 0 Å². The Morgan fingerprint density at radius 2 is 2.19 bits per heavy atom. The summed E-state index contributed by atoms with van der Waals surface area (Å²) < 4.78 is 12.1. The van der Waals surface area contributed by atoms with E-state index in [9.17, 15) is 0 Å². The molecule has 116 valence electrons. The van der Waals surface area contributed by atoms with Crippen LogP contribution >= 0.6 is 0 Å². The van der Waals surface area contributed by atoms with Gasteiger partial charge in [0.05, 0.1) is 6.61 Å². The second kappa shape index (κ2) is 6.37. The maximum atomic E-state index is 6.49. The number of hydrogen-bond donors (Lipinski definition) is 1. The maximum Gasteiger partial charge on any atom is 0.124 e. The van der Waals surface area contributed by atoms with Crippen LogP contribution in [0, 0.1) is 6.92 Å². The molecule has 0 bridgehead atoms. The summed E-state index contributed by atoms with van der Waals surface area (Å²) in [5.41, 5.74) is 2.60. The summed E-state index contributed by atoms with van der Waals surface area (Å²) in [5, 5.41) is 3.73. The number of fused-ring (bicyclic) bond motifs is 1. The molecule has 1 aromatic rings. The van der Waals surface area contributed by atoms with Gasteiger partial charge in [-0.15, -0.1) is 0 Å². The van der Waals surface area contributed by atoms with Crippen LogP contribution in [0.1, 0.15) is 56.2 Å². The molecule has 2 aliphatic rings. The molecule has 3 heteroatoms. The molecule has 2 unspecified atom stereocenters. The van der Waals surface area contributed by atoms with Crippen molar-refractivity contribution in [1.82, 2.24) is 5.32 Å². The van der Waals surface area contributed by atoms with Crippen LogP contribution in [-0.4, -0.2) is 25.4 Å². The molecule has 3 rings (SSSR count). The molecule has 3 nitrogen and oxygen atoms in total. The average Bonchev–Trinajstić information content (AvgIpc) is 2.71. The lowest BCUT2D eigenvalue weighted by atomic mass is 9.82. The molecule has 1 fully saturated rings. The quantitative estimate of drug-likeness (QED) is 0.919. The van der Waals surface area contributed by atoms with Crippen LogP contribution in [-0.2, 0) is 4.74 Å². The van der Waals surface area contributed by atoms with Crippen LogP contribution in [0.3, 0.4) is 0 Å². The van der Waals surface area contributed by atoms with Crippen molar-refractivity contribution in [3.8, 4) is 5.75 Å². The fourth-order valence-corrected chi connectivity index (χ4v) is 3.58. The number of aryl methyl sites for hydroxylation is 1. The lowest BCUT2D eigenvalue weighted by Crippen LogP contribution is -2.44. The Morgan fingerprint density at radius 1 is 1.29 bits per heavy atom. The summed E-state index contributed by atoms with van der Waals surface area (Å²) in [6, 6.07) is 6.99. The van der Waals surface area contributed by atoms with Gasteiger partial charge in [-0.05, 0) is 38.8 Å². The summed E-state index contributed by atoms with van der Waals surface area (Å²) in [4.78, 5) is 0. The minimum Gasteiger partial charge on any atom is -0.487 e. The summed E-state index contributed by atoms with van der Waals surface area (Å²) in [7, 11) is 0. The van der Waals surface area contributed by atoms with E-state index in [0.29, 0.717) is 6.04 Å². The number of hydrogen-bond acceptors (Lipinski definition) is 3. The first-order valence-electron chi connectivity index (χ1n) is 8.33. The second-order valence-electron chi connectivity index (χ2n) is 6.50. The van der Waals surface area contributed by atoms with Crippen LogP contribution in [0.4, 0.5) is 0 Å². The van der Waals surface area contributed by atoms with Gasteiger partial charge in [0.15, 0.2) is 0 Å². The first-order valence-corrected chi connectivity index (χ1v) is 8.33. The van der Waals surface area contributed by atoms with Crippen molar-refractivity contribution in [2.45, 2.75) is 57.6 Å². The fourth-order valence-electron chi connectivity index (χ4n) is 3.58. The lowest BCUT2D eigenvalue weighted by Gasteiger charge is -2.42. The normalized spacial score (nSPS) is 28.8. The SMILES string of the molecule is CCCNC1CC2(CCCOCC2)Oc2ccc(C)cc21. The minimum absolute atomic E-state index is 0.0375. The first-order chi connectivity index (χ1) is 10.2. The molecule has 0 radical (unpaired) electrons. The molecule has 1 aromatic carbocycles. The van der Waals surface area contributed by atoms with Crippen LogP contribution in [0.25, 0.3) is 0 Å². The molecule has 0 aromatic heterocycles. The van der Waals surface area contributed by atoms with Crippen LogP contribution in [0.15, 0.2) is 18.2 Å². The van der Waals surface area contributed by atoms with Gasteiger partial charge in [0.1, 0.15) is 11.4 Å². The van der Waals surface area contributed by atoms with Crippen molar-refractivity contribution in [3.63, 3.8) is 0 Å². The topological polar surface area (TPSA) is 30.5 Å². The van der Waals surface area contributed by atoms with Crippen molar-refractivity contribution in [2.75, 3.05) is 19.8 Å². The summed E-state index contributed by atoms with van der Waals surface area (Å²) >= 11 is 0. The molecule has 1 saturated heterocycles. The zero-order valence-corrected chi connectivity index (χ0v) is 13.3. The van der Waals surface area contributed by atoms with Crippen LogP contribution in [0.2, 0.25) is 0 Å². The van der Waals surface area contributed by atoms with E-state index in [2.05, 4.69) is 37.4 Å². The Kier molecular flexibility index (Phi) is 4.51. The van der Waals surface area contributed by atoms with E-state index < -0.39 is 0 Å². The third-order valence-corrected chi connectivity index (χ3v) is 4.71. The zero-order chi connectivity index (χ0) is 14.7. The first kappa shape index (κ1) is 14.9. The monoisotopic (exact) mass is 289 g/mol. The number of ether oxygens (including phenoxy) is 2. The van der Waals surface area contributed by atoms with Gasteiger partial charge in [0.2, 0.25) is 0 Å². The van der Waals surface area contributed by atoms with Gasteiger partial charge in [-0.2, -0.15) is 0 Å². The standard InChI is InChI=1S/C18H27NO2/c1-3-9-19-16-13-18(7-4-10-20-11-8-18)21-17-6-5-14(2)12-15(16)17/h5-6,12,16,19H,3-4,7-11,13H2,1-2H3. The van der Waals surface area contributed by atoms with E-state index in [1.165, 1.54) is 11.1 Å². The van der Waals surface area contributed by atoms with Gasteiger partial charge in [0.25, 0.3) is 0 Å². The van der Waals surface area contributed by atoms with E-state index in [-0.39, 0.29) is 5.60 Å². The molecule has 0 saturated carbocycles. The molecular formula is C18H27NO2. The van der Waals surface area contributed by atoms with Crippen molar-refractivity contribution in [3.05, 3.63) is 29.3 Å². The van der Waals surface area contributed by atoms with Crippen LogP contribution < -0.4 is 10.1 Å². The molecular weight excluding hydrogens is 262 g/mol. The summed E-state index contributed by atoms with van der Waals surface area (Å²) in [5.74, 6) is 1.07. The summed E-state index contributed by atoms with van der Waals surface area (Å²) in [6.07, 6.45) is 5.43. The summed E-state index contributed by atoms with van der Waals surface area (Å²) in [6.45, 7) is 7.13. The van der Waals surface area contributed by atoms with Gasteiger partial charge in [-0.3, -0.25) is 0 Å². The largest absolute Gasteiger partial charge is 0.487 e. The predicted molar refractivity (Wildman–Crippen MR) is 84.9 cm³/mol. The molecule has 0 aliphatic carbocycles.